The summed E-state index contributed by atoms with van der Waals surface area (Å²) in [5.41, 5.74) is 0.473. The lowest BCUT2D eigenvalue weighted by Crippen LogP contribution is -2.23. The lowest BCUT2D eigenvalue weighted by molar-refractivity contribution is 0.101. The van der Waals surface area contributed by atoms with E-state index in [2.05, 4.69) is 9.44 Å². The van der Waals surface area contributed by atoms with Crippen LogP contribution in [0.5, 0.6) is 0 Å². The van der Waals surface area contributed by atoms with Crippen LogP contribution in [0, 0.1) is 0 Å². The summed E-state index contributed by atoms with van der Waals surface area (Å²) in [4.78, 5) is 11.2. The van der Waals surface area contributed by atoms with Gasteiger partial charge in [0.2, 0.25) is 10.0 Å². The predicted octanol–water partition coefficient (Wildman–Crippen LogP) is 2.76. The number of ketones is 1. The molecule has 29 heavy (non-hydrogen) atoms. The summed E-state index contributed by atoms with van der Waals surface area (Å²) in [5.74, 6) is 0.265. The van der Waals surface area contributed by atoms with Crippen LogP contribution in [-0.4, -0.2) is 22.6 Å². The summed E-state index contributed by atoms with van der Waals surface area (Å²) in [7, 11) is -7.83. The molecule has 2 aromatic carbocycles. The maximum absolute atomic E-state index is 12.6. The number of carbonyl (C=O) groups excluding carboxylic acids is 1. The van der Waals surface area contributed by atoms with Gasteiger partial charge in [0.25, 0.3) is 10.0 Å². The third-order valence-electron chi connectivity index (χ3n) is 3.98. The van der Waals surface area contributed by atoms with E-state index in [1.54, 1.807) is 12.1 Å². The van der Waals surface area contributed by atoms with E-state index in [9.17, 15) is 21.6 Å². The molecule has 2 N–H and O–H groups in total. The van der Waals surface area contributed by atoms with Gasteiger partial charge in [-0.1, -0.05) is 18.2 Å². The van der Waals surface area contributed by atoms with Crippen LogP contribution in [0.2, 0.25) is 0 Å². The van der Waals surface area contributed by atoms with Crippen LogP contribution in [-0.2, 0) is 26.6 Å². The lowest BCUT2D eigenvalue weighted by Gasteiger charge is -2.11. The quantitative estimate of drug-likeness (QED) is 0.526. The van der Waals surface area contributed by atoms with Crippen LogP contribution < -0.4 is 9.44 Å². The number of nitrogens with one attached hydrogen (secondary N) is 2. The zero-order valence-electron chi connectivity index (χ0n) is 15.3. The highest BCUT2D eigenvalue weighted by molar-refractivity contribution is 7.92. The molecule has 0 atom stereocenters. The summed E-state index contributed by atoms with van der Waals surface area (Å²) in [6, 6.07) is 14.1. The number of hydrogen-bond acceptors (Lipinski definition) is 6. The van der Waals surface area contributed by atoms with Crippen molar-refractivity contribution in [1.29, 1.82) is 0 Å². The molecule has 0 aliphatic heterocycles. The highest BCUT2D eigenvalue weighted by Gasteiger charge is 2.18. The molecule has 3 aromatic rings. The van der Waals surface area contributed by atoms with Gasteiger partial charge in [-0.2, -0.15) is 0 Å². The Morgan fingerprint density at radius 1 is 0.897 bits per heavy atom. The number of anilines is 1. The minimum atomic E-state index is -3.96. The molecule has 0 bridgehead atoms. The van der Waals surface area contributed by atoms with Gasteiger partial charge in [0.1, 0.15) is 5.76 Å². The number of carbonyl (C=O) groups is 1. The SMILES string of the molecule is CC(=O)c1ccc(S(=O)(=O)Nc2cccc(S(=O)(=O)NCc3ccco3)c2)cc1. The van der Waals surface area contributed by atoms with Crippen molar-refractivity contribution in [3.05, 3.63) is 78.3 Å². The monoisotopic (exact) mass is 434 g/mol. The molecular formula is C19H18N2O6S2. The van der Waals surface area contributed by atoms with E-state index in [0.717, 1.165) is 0 Å². The number of rotatable bonds is 8. The first-order valence-electron chi connectivity index (χ1n) is 8.43. The summed E-state index contributed by atoms with van der Waals surface area (Å²) < 4.78 is 59.8. The van der Waals surface area contributed by atoms with Crippen molar-refractivity contribution in [3.8, 4) is 0 Å². The smallest absolute Gasteiger partial charge is 0.261 e. The van der Waals surface area contributed by atoms with Crippen LogP contribution in [0.25, 0.3) is 0 Å². The first kappa shape index (κ1) is 20.8. The van der Waals surface area contributed by atoms with Crippen LogP contribution in [0.15, 0.2) is 81.1 Å². The van der Waals surface area contributed by atoms with Gasteiger partial charge in [0.05, 0.1) is 28.3 Å². The van der Waals surface area contributed by atoms with Crippen LogP contribution >= 0.6 is 0 Å². The normalized spacial score (nSPS) is 11.9. The average molecular weight is 434 g/mol. The van der Waals surface area contributed by atoms with Gasteiger partial charge < -0.3 is 4.42 Å². The molecule has 0 unspecified atom stereocenters. The second-order valence-electron chi connectivity index (χ2n) is 6.12. The maximum atomic E-state index is 12.6. The van der Waals surface area contributed by atoms with E-state index in [1.165, 1.54) is 61.7 Å². The van der Waals surface area contributed by atoms with Gasteiger partial charge in [0.15, 0.2) is 5.78 Å². The van der Waals surface area contributed by atoms with Crippen molar-refractivity contribution in [2.24, 2.45) is 0 Å². The molecule has 152 valence electrons. The van der Waals surface area contributed by atoms with Crippen LogP contribution in [0.3, 0.4) is 0 Å². The van der Waals surface area contributed by atoms with Gasteiger partial charge in [-0.25, -0.2) is 21.6 Å². The Morgan fingerprint density at radius 2 is 1.62 bits per heavy atom. The molecule has 0 aliphatic rings. The Labute approximate surface area is 168 Å². The first-order chi connectivity index (χ1) is 13.7. The Hall–Kier alpha value is -2.95. The third kappa shape index (κ3) is 5.11. The molecule has 10 heteroatoms. The van der Waals surface area contributed by atoms with E-state index in [4.69, 9.17) is 4.42 Å². The second-order valence-corrected chi connectivity index (χ2v) is 9.57. The topological polar surface area (TPSA) is 123 Å². The van der Waals surface area contributed by atoms with E-state index in [0.29, 0.717) is 11.3 Å². The van der Waals surface area contributed by atoms with Crippen molar-refractivity contribution in [2.45, 2.75) is 23.3 Å². The fourth-order valence-corrected chi connectivity index (χ4v) is 4.56. The minimum Gasteiger partial charge on any atom is -0.468 e. The van der Waals surface area contributed by atoms with E-state index in [-0.39, 0.29) is 27.8 Å². The molecule has 0 saturated heterocycles. The predicted molar refractivity (Wildman–Crippen MR) is 106 cm³/mol. The molecule has 0 fully saturated rings. The summed E-state index contributed by atoms with van der Waals surface area (Å²) in [6.07, 6.45) is 1.43. The van der Waals surface area contributed by atoms with Gasteiger partial charge in [-0.05, 0) is 49.4 Å². The number of benzene rings is 2. The van der Waals surface area contributed by atoms with Crippen molar-refractivity contribution in [2.75, 3.05) is 4.72 Å². The van der Waals surface area contributed by atoms with Crippen LogP contribution in [0.1, 0.15) is 23.0 Å². The molecule has 3 rings (SSSR count). The van der Waals surface area contributed by atoms with Gasteiger partial charge in [-0.3, -0.25) is 9.52 Å². The molecule has 1 heterocycles. The average Bonchev–Trinajstić information content (AvgIpc) is 3.20. The second kappa shape index (κ2) is 8.19. The highest BCUT2D eigenvalue weighted by Crippen LogP contribution is 2.20. The molecule has 0 aliphatic carbocycles. The zero-order chi connectivity index (χ0) is 21.1. The maximum Gasteiger partial charge on any atom is 0.261 e. The Balaban J connectivity index is 1.78. The van der Waals surface area contributed by atoms with E-state index in [1.807, 2.05) is 0 Å². The van der Waals surface area contributed by atoms with Gasteiger partial charge >= 0.3 is 0 Å². The van der Waals surface area contributed by atoms with E-state index < -0.39 is 20.0 Å². The summed E-state index contributed by atoms with van der Waals surface area (Å²) >= 11 is 0. The number of Topliss-reactive ketones (excluding diaryl/α,β-unsaturated/α-hetero) is 1. The standard InChI is InChI=1S/C19H18N2O6S2/c1-14(22)15-7-9-18(10-8-15)29(25,26)21-16-4-2-6-19(12-16)28(23,24)20-13-17-5-3-11-27-17/h2-12,20-21H,13H2,1H3. The molecular weight excluding hydrogens is 416 g/mol. The number of furan rings is 1. The molecule has 0 spiro atoms. The Morgan fingerprint density at radius 3 is 2.24 bits per heavy atom. The zero-order valence-corrected chi connectivity index (χ0v) is 17.0. The summed E-state index contributed by atoms with van der Waals surface area (Å²) in [6.45, 7) is 1.35. The summed E-state index contributed by atoms with van der Waals surface area (Å²) in [5, 5.41) is 0. The van der Waals surface area contributed by atoms with E-state index >= 15 is 0 Å². The molecule has 0 radical (unpaired) electrons. The fraction of sp³-hybridized carbons (Fsp3) is 0.105. The minimum absolute atomic E-state index is 0.0339. The number of hydrogen-bond donors (Lipinski definition) is 2. The molecule has 8 nitrogen and oxygen atoms in total. The Bertz CT molecular complexity index is 1220. The number of sulfonamides is 2. The van der Waals surface area contributed by atoms with Crippen molar-refractivity contribution in [1.82, 2.24) is 4.72 Å². The largest absolute Gasteiger partial charge is 0.468 e. The third-order valence-corrected chi connectivity index (χ3v) is 6.78. The van der Waals surface area contributed by atoms with Crippen molar-refractivity contribution < 1.29 is 26.0 Å². The Kier molecular flexibility index (Phi) is 5.87. The molecule has 0 saturated carbocycles. The van der Waals surface area contributed by atoms with Gasteiger partial charge in [-0.15, -0.1) is 0 Å². The van der Waals surface area contributed by atoms with Crippen molar-refractivity contribution in [3.63, 3.8) is 0 Å². The molecule has 0 amide bonds. The fourth-order valence-electron chi connectivity index (χ4n) is 2.47. The highest BCUT2D eigenvalue weighted by atomic mass is 32.2. The first-order valence-corrected chi connectivity index (χ1v) is 11.4. The lowest BCUT2D eigenvalue weighted by atomic mass is 10.2. The van der Waals surface area contributed by atoms with Gasteiger partial charge in [0, 0.05) is 5.56 Å². The van der Waals surface area contributed by atoms with Crippen molar-refractivity contribution >= 4 is 31.5 Å². The molecule has 1 aromatic heterocycles. The van der Waals surface area contributed by atoms with Crippen LogP contribution in [0.4, 0.5) is 5.69 Å².